The number of piperidine rings is 1. The van der Waals surface area contributed by atoms with Crippen molar-refractivity contribution in [2.45, 2.75) is 39.5 Å². The van der Waals surface area contributed by atoms with Gasteiger partial charge in [0.05, 0.1) is 0 Å². The molecule has 0 N–H and O–H groups in total. The highest BCUT2D eigenvalue weighted by atomic mass is 16.2. The van der Waals surface area contributed by atoms with Gasteiger partial charge >= 0.3 is 0 Å². The lowest BCUT2D eigenvalue weighted by Gasteiger charge is -2.54. The molecule has 2 heterocycles. The van der Waals surface area contributed by atoms with Gasteiger partial charge in [-0.2, -0.15) is 0 Å². The summed E-state index contributed by atoms with van der Waals surface area (Å²) >= 11 is 0. The van der Waals surface area contributed by atoms with Crippen LogP contribution in [0.4, 0.5) is 0 Å². The Bertz CT molecular complexity index is 259. The second kappa shape index (κ2) is 4.74. The molecule has 3 nitrogen and oxygen atoms in total. The quantitative estimate of drug-likeness (QED) is 0.729. The molecule has 0 aromatic carbocycles. The lowest BCUT2D eigenvalue weighted by molar-refractivity contribution is -0.139. The maximum absolute atomic E-state index is 11.7. The summed E-state index contributed by atoms with van der Waals surface area (Å²) in [4.78, 5) is 16.3. The van der Waals surface area contributed by atoms with Gasteiger partial charge in [-0.15, -0.1) is 0 Å². The zero-order valence-electron chi connectivity index (χ0n) is 10.7. The van der Waals surface area contributed by atoms with Crippen molar-refractivity contribution in [1.82, 2.24) is 9.80 Å². The normalized spacial score (nSPS) is 24.5. The van der Waals surface area contributed by atoms with Crippen LogP contribution in [-0.2, 0) is 4.79 Å². The predicted molar refractivity (Wildman–Crippen MR) is 65.3 cm³/mol. The Labute approximate surface area is 98.8 Å². The Morgan fingerprint density at radius 3 is 2.62 bits per heavy atom. The van der Waals surface area contributed by atoms with Gasteiger partial charge in [0.25, 0.3) is 0 Å². The van der Waals surface area contributed by atoms with Crippen LogP contribution in [0.25, 0.3) is 0 Å². The molecule has 0 bridgehead atoms. The molecule has 2 aliphatic heterocycles. The van der Waals surface area contributed by atoms with E-state index in [-0.39, 0.29) is 0 Å². The topological polar surface area (TPSA) is 23.6 Å². The minimum Gasteiger partial charge on any atom is -0.342 e. The van der Waals surface area contributed by atoms with Gasteiger partial charge in [0.2, 0.25) is 5.91 Å². The van der Waals surface area contributed by atoms with Gasteiger partial charge < -0.3 is 9.80 Å². The van der Waals surface area contributed by atoms with E-state index in [4.69, 9.17) is 0 Å². The molecule has 1 amide bonds. The summed E-state index contributed by atoms with van der Waals surface area (Å²) in [5.74, 6) is 0.341. The lowest BCUT2D eigenvalue weighted by Crippen LogP contribution is -2.63. The summed E-state index contributed by atoms with van der Waals surface area (Å²) in [6.45, 7) is 9.86. The fourth-order valence-electron chi connectivity index (χ4n) is 3.28. The third kappa shape index (κ3) is 2.24. The molecule has 0 aromatic heterocycles. The number of carbonyl (C=O) groups excluding carboxylic acids is 1. The van der Waals surface area contributed by atoms with Gasteiger partial charge in [0.1, 0.15) is 0 Å². The van der Waals surface area contributed by atoms with Crippen molar-refractivity contribution >= 4 is 5.91 Å². The van der Waals surface area contributed by atoms with Gasteiger partial charge in [-0.3, -0.25) is 4.79 Å². The van der Waals surface area contributed by atoms with E-state index in [0.29, 0.717) is 17.7 Å². The standard InChI is InChI=1S/C13H24N2O/c1-3-7-14-9-13(10-14)6-5-8-15(11-13)12(16)4-2/h3-11H2,1-2H3. The molecule has 0 unspecified atom stereocenters. The molecule has 0 aromatic rings. The second-order valence-corrected chi connectivity index (χ2v) is 5.48. The fourth-order valence-corrected chi connectivity index (χ4v) is 3.28. The van der Waals surface area contributed by atoms with Crippen molar-refractivity contribution < 1.29 is 4.79 Å². The molecule has 16 heavy (non-hydrogen) atoms. The molecule has 2 saturated heterocycles. The van der Waals surface area contributed by atoms with Crippen molar-refractivity contribution in [1.29, 1.82) is 0 Å². The summed E-state index contributed by atoms with van der Waals surface area (Å²) in [6.07, 6.45) is 4.43. The number of hydrogen-bond donors (Lipinski definition) is 0. The first-order chi connectivity index (χ1) is 7.69. The van der Waals surface area contributed by atoms with E-state index in [1.165, 1.54) is 38.9 Å². The third-order valence-corrected chi connectivity index (χ3v) is 3.97. The molecule has 0 atom stereocenters. The molecule has 0 saturated carbocycles. The lowest BCUT2D eigenvalue weighted by atomic mass is 9.73. The van der Waals surface area contributed by atoms with E-state index in [9.17, 15) is 4.79 Å². The van der Waals surface area contributed by atoms with Gasteiger partial charge in [-0.1, -0.05) is 13.8 Å². The van der Waals surface area contributed by atoms with Crippen LogP contribution in [0.5, 0.6) is 0 Å². The Balaban J connectivity index is 1.86. The van der Waals surface area contributed by atoms with Crippen molar-refractivity contribution in [3.63, 3.8) is 0 Å². The van der Waals surface area contributed by atoms with Gasteiger partial charge in [-0.05, 0) is 25.8 Å². The van der Waals surface area contributed by atoms with Crippen LogP contribution in [0.2, 0.25) is 0 Å². The highest BCUT2D eigenvalue weighted by Gasteiger charge is 2.45. The Hall–Kier alpha value is -0.570. The molecule has 2 fully saturated rings. The first-order valence-corrected chi connectivity index (χ1v) is 6.69. The smallest absolute Gasteiger partial charge is 0.222 e. The molecule has 2 aliphatic rings. The molecule has 2 rings (SSSR count). The number of hydrogen-bond acceptors (Lipinski definition) is 2. The van der Waals surface area contributed by atoms with Crippen LogP contribution >= 0.6 is 0 Å². The van der Waals surface area contributed by atoms with Crippen molar-refractivity contribution in [2.24, 2.45) is 5.41 Å². The predicted octanol–water partition coefficient (Wildman–Crippen LogP) is 1.73. The van der Waals surface area contributed by atoms with Crippen LogP contribution < -0.4 is 0 Å². The van der Waals surface area contributed by atoms with E-state index in [1.807, 2.05) is 6.92 Å². The van der Waals surface area contributed by atoms with E-state index in [0.717, 1.165) is 13.1 Å². The number of rotatable bonds is 3. The largest absolute Gasteiger partial charge is 0.342 e. The summed E-state index contributed by atoms with van der Waals surface area (Å²) in [6, 6.07) is 0. The summed E-state index contributed by atoms with van der Waals surface area (Å²) in [5, 5.41) is 0. The maximum Gasteiger partial charge on any atom is 0.222 e. The van der Waals surface area contributed by atoms with Crippen LogP contribution in [0, 0.1) is 5.41 Å². The zero-order valence-corrected chi connectivity index (χ0v) is 10.7. The Kier molecular flexibility index (Phi) is 3.53. The van der Waals surface area contributed by atoms with Crippen molar-refractivity contribution in [3.05, 3.63) is 0 Å². The molecule has 3 heteroatoms. The molecule has 1 spiro atoms. The number of carbonyl (C=O) groups is 1. The number of amides is 1. The monoisotopic (exact) mass is 224 g/mol. The van der Waals surface area contributed by atoms with Gasteiger partial charge in [0, 0.05) is 38.0 Å². The maximum atomic E-state index is 11.7. The van der Waals surface area contributed by atoms with Gasteiger partial charge in [-0.25, -0.2) is 0 Å². The summed E-state index contributed by atoms with van der Waals surface area (Å²) < 4.78 is 0. The van der Waals surface area contributed by atoms with Crippen LogP contribution in [0.15, 0.2) is 0 Å². The molecule has 0 aliphatic carbocycles. The number of likely N-dealkylation sites (tertiary alicyclic amines) is 2. The highest BCUT2D eigenvalue weighted by Crippen LogP contribution is 2.38. The first kappa shape index (κ1) is 11.9. The first-order valence-electron chi connectivity index (χ1n) is 6.69. The second-order valence-electron chi connectivity index (χ2n) is 5.48. The average molecular weight is 224 g/mol. The van der Waals surface area contributed by atoms with Crippen LogP contribution in [0.1, 0.15) is 39.5 Å². The zero-order chi connectivity index (χ0) is 11.6. The van der Waals surface area contributed by atoms with E-state index < -0.39 is 0 Å². The van der Waals surface area contributed by atoms with E-state index >= 15 is 0 Å². The van der Waals surface area contributed by atoms with Gasteiger partial charge in [0.15, 0.2) is 0 Å². The van der Waals surface area contributed by atoms with Crippen LogP contribution in [0.3, 0.4) is 0 Å². The summed E-state index contributed by atoms with van der Waals surface area (Å²) in [7, 11) is 0. The summed E-state index contributed by atoms with van der Waals surface area (Å²) in [5.41, 5.74) is 0.457. The Morgan fingerprint density at radius 1 is 1.25 bits per heavy atom. The highest BCUT2D eigenvalue weighted by molar-refractivity contribution is 5.76. The SMILES string of the molecule is CCCN1CC2(CCCN(C(=O)CC)C2)C1. The minimum absolute atomic E-state index is 0.341. The van der Waals surface area contributed by atoms with Crippen molar-refractivity contribution in [2.75, 3.05) is 32.7 Å². The van der Waals surface area contributed by atoms with Crippen LogP contribution in [-0.4, -0.2) is 48.4 Å². The van der Waals surface area contributed by atoms with E-state index in [2.05, 4.69) is 16.7 Å². The fraction of sp³-hybridized carbons (Fsp3) is 0.923. The Morgan fingerprint density at radius 2 is 2.00 bits per heavy atom. The minimum atomic E-state index is 0.341. The molecule has 92 valence electrons. The average Bonchev–Trinajstić information content (AvgIpc) is 2.27. The van der Waals surface area contributed by atoms with E-state index in [1.54, 1.807) is 0 Å². The molecule has 0 radical (unpaired) electrons. The molecular formula is C13H24N2O. The molecular weight excluding hydrogens is 200 g/mol. The number of nitrogens with zero attached hydrogens (tertiary/aromatic N) is 2. The van der Waals surface area contributed by atoms with Crippen molar-refractivity contribution in [3.8, 4) is 0 Å². The third-order valence-electron chi connectivity index (χ3n) is 3.97.